The van der Waals surface area contributed by atoms with E-state index in [-0.39, 0.29) is 17.1 Å². The molecule has 5 heteroatoms. The minimum Gasteiger partial charge on any atom is -0.457 e. The number of carbonyl (C=O) groups is 1. The molecule has 0 fully saturated rings. The number of carbonyl (C=O) groups excluding carboxylic acids is 1. The van der Waals surface area contributed by atoms with Gasteiger partial charge in [-0.15, -0.1) is 0 Å². The van der Waals surface area contributed by atoms with Gasteiger partial charge in [0.25, 0.3) is 5.91 Å². The third kappa shape index (κ3) is 3.89. The third-order valence-corrected chi connectivity index (χ3v) is 6.95. The maximum Gasteiger partial charge on any atom is 0.295 e. The second-order valence-electron chi connectivity index (χ2n) is 9.51. The van der Waals surface area contributed by atoms with E-state index in [0.29, 0.717) is 33.7 Å². The largest absolute Gasteiger partial charge is 0.457 e. The zero-order chi connectivity index (χ0) is 25.7. The maximum atomic E-state index is 13.9. The Labute approximate surface area is 214 Å². The van der Waals surface area contributed by atoms with Crippen LogP contribution in [0.5, 0.6) is 11.5 Å². The molecule has 1 atom stereocenters. The predicted molar refractivity (Wildman–Crippen MR) is 145 cm³/mol. The van der Waals surface area contributed by atoms with Crippen molar-refractivity contribution in [3.63, 3.8) is 0 Å². The van der Waals surface area contributed by atoms with E-state index in [9.17, 15) is 9.59 Å². The van der Waals surface area contributed by atoms with Gasteiger partial charge in [0, 0.05) is 5.69 Å². The minimum absolute atomic E-state index is 0.0824. The number of fused-ring (bicyclic) bond motifs is 2. The zero-order valence-electron chi connectivity index (χ0n) is 20.8. The van der Waals surface area contributed by atoms with Crippen molar-refractivity contribution in [3.05, 3.63) is 135 Å². The van der Waals surface area contributed by atoms with E-state index in [4.69, 9.17) is 9.15 Å². The number of benzene rings is 4. The SMILES string of the molecule is Cc1ccc2oc3c(c(=O)c2c1)C(c1cccc(Oc2ccccc2)c1)N(c1ccc(C)c(C)c1)C3=O. The van der Waals surface area contributed by atoms with Crippen LogP contribution < -0.4 is 15.1 Å². The summed E-state index contributed by atoms with van der Waals surface area (Å²) in [5.41, 5.74) is 5.16. The molecule has 1 unspecified atom stereocenters. The Hall–Kier alpha value is -4.64. The average Bonchev–Trinajstić information content (AvgIpc) is 3.19. The minimum atomic E-state index is -0.662. The molecule has 0 saturated heterocycles. The molecule has 1 aliphatic heterocycles. The first kappa shape index (κ1) is 22.8. The number of aryl methyl sites for hydroxylation is 3. The molecule has 0 N–H and O–H groups in total. The topological polar surface area (TPSA) is 59.8 Å². The van der Waals surface area contributed by atoms with Gasteiger partial charge in [-0.1, -0.05) is 48.0 Å². The van der Waals surface area contributed by atoms with E-state index in [1.807, 2.05) is 106 Å². The van der Waals surface area contributed by atoms with Crippen LogP contribution in [0.1, 0.15) is 44.4 Å². The van der Waals surface area contributed by atoms with E-state index in [0.717, 1.165) is 22.3 Å². The first-order valence-electron chi connectivity index (χ1n) is 12.2. The summed E-state index contributed by atoms with van der Waals surface area (Å²) < 4.78 is 12.2. The Morgan fingerprint density at radius 3 is 2.32 bits per heavy atom. The van der Waals surface area contributed by atoms with Gasteiger partial charge in [-0.25, -0.2) is 0 Å². The van der Waals surface area contributed by atoms with E-state index in [1.165, 1.54) is 0 Å². The molecule has 5 aromatic rings. The molecule has 1 aromatic heterocycles. The molecule has 0 spiro atoms. The number of hydrogen-bond acceptors (Lipinski definition) is 4. The van der Waals surface area contributed by atoms with Crippen LogP contribution in [0.15, 0.2) is 100 Å². The number of amides is 1. The summed E-state index contributed by atoms with van der Waals surface area (Å²) in [4.78, 5) is 29.4. The predicted octanol–water partition coefficient (Wildman–Crippen LogP) is 7.26. The lowest BCUT2D eigenvalue weighted by atomic mass is 9.97. The highest BCUT2D eigenvalue weighted by molar-refractivity contribution is 6.10. The molecule has 2 heterocycles. The lowest BCUT2D eigenvalue weighted by Crippen LogP contribution is -2.29. The van der Waals surface area contributed by atoms with Gasteiger partial charge in [0.2, 0.25) is 5.76 Å². The van der Waals surface area contributed by atoms with Crippen LogP contribution in [0, 0.1) is 20.8 Å². The van der Waals surface area contributed by atoms with Crippen molar-refractivity contribution in [2.24, 2.45) is 0 Å². The number of nitrogens with zero attached hydrogens (tertiary/aromatic N) is 1. The molecular weight excluding hydrogens is 462 g/mol. The molecule has 1 amide bonds. The number of hydrogen-bond donors (Lipinski definition) is 0. The normalized spacial score (nSPS) is 14.7. The van der Waals surface area contributed by atoms with Gasteiger partial charge in [0.1, 0.15) is 17.1 Å². The highest BCUT2D eigenvalue weighted by Crippen LogP contribution is 2.42. The van der Waals surface area contributed by atoms with E-state index in [2.05, 4.69) is 0 Å². The number of anilines is 1. The first-order chi connectivity index (χ1) is 17.9. The first-order valence-corrected chi connectivity index (χ1v) is 12.2. The Kier molecular flexibility index (Phi) is 5.41. The molecular formula is C32H25NO4. The summed E-state index contributed by atoms with van der Waals surface area (Å²) in [6.07, 6.45) is 0. The van der Waals surface area contributed by atoms with Crippen molar-refractivity contribution in [1.82, 2.24) is 0 Å². The van der Waals surface area contributed by atoms with Gasteiger partial charge < -0.3 is 9.15 Å². The van der Waals surface area contributed by atoms with Crippen molar-refractivity contribution in [1.29, 1.82) is 0 Å². The Morgan fingerprint density at radius 1 is 0.757 bits per heavy atom. The van der Waals surface area contributed by atoms with Crippen molar-refractivity contribution >= 4 is 22.6 Å². The van der Waals surface area contributed by atoms with Gasteiger partial charge in [-0.05, 0) is 86.0 Å². The fraction of sp³-hybridized carbons (Fsp3) is 0.125. The monoisotopic (exact) mass is 487 g/mol. The van der Waals surface area contributed by atoms with Gasteiger partial charge in [-0.3, -0.25) is 14.5 Å². The molecule has 0 saturated carbocycles. The molecule has 0 bridgehead atoms. The fourth-order valence-corrected chi connectivity index (χ4v) is 4.92. The highest BCUT2D eigenvalue weighted by atomic mass is 16.5. The molecule has 37 heavy (non-hydrogen) atoms. The van der Waals surface area contributed by atoms with Gasteiger partial charge >= 0.3 is 0 Å². The molecule has 0 radical (unpaired) electrons. The van der Waals surface area contributed by atoms with Crippen molar-refractivity contribution in [2.45, 2.75) is 26.8 Å². The van der Waals surface area contributed by atoms with Crippen LogP contribution in [0.4, 0.5) is 5.69 Å². The Morgan fingerprint density at radius 2 is 1.54 bits per heavy atom. The van der Waals surface area contributed by atoms with E-state index < -0.39 is 6.04 Å². The van der Waals surface area contributed by atoms with E-state index in [1.54, 1.807) is 11.0 Å². The van der Waals surface area contributed by atoms with Crippen LogP contribution in [0.25, 0.3) is 11.0 Å². The van der Waals surface area contributed by atoms with Crippen molar-refractivity contribution < 1.29 is 13.9 Å². The average molecular weight is 488 g/mol. The summed E-state index contributed by atoms with van der Waals surface area (Å²) in [5, 5.41) is 0.468. The molecule has 6 rings (SSSR count). The number of para-hydroxylation sites is 1. The molecule has 0 aliphatic carbocycles. The van der Waals surface area contributed by atoms with Crippen LogP contribution in [-0.4, -0.2) is 5.91 Å². The summed E-state index contributed by atoms with van der Waals surface area (Å²) >= 11 is 0. The van der Waals surface area contributed by atoms with Crippen LogP contribution in [0.2, 0.25) is 0 Å². The van der Waals surface area contributed by atoms with E-state index >= 15 is 0 Å². The quantitative estimate of drug-likeness (QED) is 0.268. The lowest BCUT2D eigenvalue weighted by Gasteiger charge is -2.26. The summed E-state index contributed by atoms with van der Waals surface area (Å²) in [6.45, 7) is 5.97. The molecule has 182 valence electrons. The van der Waals surface area contributed by atoms with Gasteiger partial charge in [0.05, 0.1) is 17.0 Å². The molecule has 5 nitrogen and oxygen atoms in total. The van der Waals surface area contributed by atoms with Crippen LogP contribution in [-0.2, 0) is 0 Å². The number of rotatable bonds is 4. The van der Waals surface area contributed by atoms with Gasteiger partial charge in [0.15, 0.2) is 5.43 Å². The Bertz CT molecular complexity index is 1740. The number of ether oxygens (including phenoxy) is 1. The molecule has 1 aliphatic rings. The maximum absolute atomic E-state index is 13.9. The fourth-order valence-electron chi connectivity index (χ4n) is 4.92. The van der Waals surface area contributed by atoms with Crippen molar-refractivity contribution in [2.75, 3.05) is 4.90 Å². The summed E-state index contributed by atoms with van der Waals surface area (Å²) in [6, 6.07) is 27.7. The molecule has 4 aromatic carbocycles. The zero-order valence-corrected chi connectivity index (χ0v) is 20.8. The lowest BCUT2D eigenvalue weighted by molar-refractivity contribution is 0.0971. The summed E-state index contributed by atoms with van der Waals surface area (Å²) in [5.74, 6) is 1.07. The second kappa shape index (κ2) is 8.79. The summed E-state index contributed by atoms with van der Waals surface area (Å²) in [7, 11) is 0. The van der Waals surface area contributed by atoms with Gasteiger partial charge in [-0.2, -0.15) is 0 Å². The highest BCUT2D eigenvalue weighted by Gasteiger charge is 2.43. The van der Waals surface area contributed by atoms with Crippen molar-refractivity contribution in [3.8, 4) is 11.5 Å². The van der Waals surface area contributed by atoms with Crippen LogP contribution in [0.3, 0.4) is 0 Å². The smallest absolute Gasteiger partial charge is 0.295 e. The Balaban J connectivity index is 1.57. The second-order valence-corrected chi connectivity index (χ2v) is 9.51. The standard InChI is InChI=1S/C32H25NO4/c1-19-12-15-27-26(16-19)30(34)28-29(22-8-7-11-25(18-22)36-24-9-5-4-6-10-24)33(32(35)31(28)37-27)23-14-13-20(2)21(3)17-23/h4-18,29H,1-3H3. The third-order valence-electron chi connectivity index (χ3n) is 6.95. The van der Waals surface area contributed by atoms with Crippen LogP contribution >= 0.6 is 0 Å².